The van der Waals surface area contributed by atoms with E-state index in [2.05, 4.69) is 24.1 Å². The van der Waals surface area contributed by atoms with Crippen molar-refractivity contribution in [2.45, 2.75) is 26.7 Å². The molecule has 0 aliphatic carbocycles. The second kappa shape index (κ2) is 7.31. The van der Waals surface area contributed by atoms with E-state index in [4.69, 9.17) is 9.47 Å². The number of pyridine rings is 1. The summed E-state index contributed by atoms with van der Waals surface area (Å²) in [5.74, 6) is 2.77. The van der Waals surface area contributed by atoms with Crippen LogP contribution < -0.4 is 14.8 Å². The third-order valence-corrected chi connectivity index (χ3v) is 4.56. The number of hydrogen-bond acceptors (Lipinski definition) is 4. The van der Waals surface area contributed by atoms with Crippen LogP contribution in [0.25, 0.3) is 5.52 Å². The normalized spacial score (nSPS) is 12.7. The number of aromatic nitrogens is 2. The number of nitrogens with one attached hydrogen (secondary N) is 1. The molecule has 0 fully saturated rings. The van der Waals surface area contributed by atoms with E-state index in [-0.39, 0.29) is 12.7 Å². The van der Waals surface area contributed by atoms with E-state index >= 15 is 0 Å². The molecule has 4 rings (SSSR count). The summed E-state index contributed by atoms with van der Waals surface area (Å²) in [5, 5.41) is 2.99. The maximum absolute atomic E-state index is 12.7. The molecule has 1 aliphatic heterocycles. The van der Waals surface area contributed by atoms with Gasteiger partial charge in [0.05, 0.1) is 5.52 Å². The average Bonchev–Trinajstić information content (AvgIpc) is 3.26. The maximum atomic E-state index is 12.7. The number of hydrogen-bond donors (Lipinski definition) is 1. The van der Waals surface area contributed by atoms with Gasteiger partial charge < -0.3 is 19.2 Å². The van der Waals surface area contributed by atoms with Gasteiger partial charge >= 0.3 is 0 Å². The molecule has 1 aliphatic rings. The van der Waals surface area contributed by atoms with E-state index in [1.807, 2.05) is 47.0 Å². The Morgan fingerprint density at radius 2 is 2.07 bits per heavy atom. The number of rotatable bonds is 6. The van der Waals surface area contributed by atoms with Crippen LogP contribution in [0.1, 0.15) is 35.7 Å². The van der Waals surface area contributed by atoms with Crippen LogP contribution in [-0.2, 0) is 12.8 Å². The molecule has 6 heteroatoms. The Kier molecular flexibility index (Phi) is 4.71. The topological polar surface area (TPSA) is 64.9 Å². The Labute approximate surface area is 158 Å². The van der Waals surface area contributed by atoms with Crippen molar-refractivity contribution < 1.29 is 14.3 Å². The first-order chi connectivity index (χ1) is 13.1. The summed E-state index contributed by atoms with van der Waals surface area (Å²) in [6, 6.07) is 11.7. The number of carbonyl (C=O) groups is 1. The molecule has 6 nitrogen and oxygen atoms in total. The molecule has 0 atom stereocenters. The number of fused-ring (bicyclic) bond motifs is 2. The fraction of sp³-hybridized carbons (Fsp3) is 0.333. The molecule has 0 bridgehead atoms. The van der Waals surface area contributed by atoms with Gasteiger partial charge in [-0.25, -0.2) is 4.98 Å². The Balaban J connectivity index is 1.45. The molecule has 1 N–H and O–H groups in total. The van der Waals surface area contributed by atoms with E-state index in [9.17, 15) is 4.79 Å². The second-order valence-corrected chi connectivity index (χ2v) is 7.12. The van der Waals surface area contributed by atoms with Crippen LogP contribution in [0.5, 0.6) is 11.5 Å². The highest BCUT2D eigenvalue weighted by molar-refractivity contribution is 5.99. The fourth-order valence-corrected chi connectivity index (χ4v) is 3.28. The number of carbonyl (C=O) groups excluding carboxylic acids is 1. The van der Waals surface area contributed by atoms with Crippen molar-refractivity contribution >= 4 is 11.4 Å². The second-order valence-electron chi connectivity index (χ2n) is 7.12. The zero-order chi connectivity index (χ0) is 18.8. The first kappa shape index (κ1) is 17.4. The Morgan fingerprint density at radius 3 is 2.93 bits per heavy atom. The van der Waals surface area contributed by atoms with Gasteiger partial charge in [-0.15, -0.1) is 0 Å². The van der Waals surface area contributed by atoms with E-state index in [0.717, 1.165) is 34.8 Å². The van der Waals surface area contributed by atoms with Gasteiger partial charge in [-0.1, -0.05) is 26.0 Å². The number of benzene rings is 1. The van der Waals surface area contributed by atoms with Crippen molar-refractivity contribution in [3.63, 3.8) is 0 Å². The fourth-order valence-electron chi connectivity index (χ4n) is 3.28. The summed E-state index contributed by atoms with van der Waals surface area (Å²) >= 11 is 0. The molecular formula is C21H23N3O3. The van der Waals surface area contributed by atoms with Crippen molar-refractivity contribution in [1.82, 2.24) is 14.7 Å². The van der Waals surface area contributed by atoms with E-state index in [1.165, 1.54) is 0 Å². The maximum Gasteiger partial charge on any atom is 0.272 e. The van der Waals surface area contributed by atoms with E-state index in [1.54, 1.807) is 0 Å². The molecule has 0 saturated heterocycles. The van der Waals surface area contributed by atoms with E-state index < -0.39 is 0 Å². The molecule has 0 unspecified atom stereocenters. The predicted molar refractivity (Wildman–Crippen MR) is 102 cm³/mol. The number of imidazole rings is 1. The minimum absolute atomic E-state index is 0.144. The average molecular weight is 365 g/mol. The van der Waals surface area contributed by atoms with Gasteiger partial charge in [-0.3, -0.25) is 4.79 Å². The molecule has 3 heterocycles. The number of ether oxygens (including phenoxy) is 2. The SMILES string of the molecule is CC(C)Cc1nc(C(=O)NCCc2ccc3c(c2)OCO3)c2ccccn12. The standard InChI is InChI=1S/C21H23N3O3/c1-14(2)11-19-23-20(16-5-3-4-10-24(16)19)21(25)22-9-8-15-6-7-17-18(12-15)27-13-26-17/h3-7,10,12,14H,8-9,11,13H2,1-2H3,(H,22,25). The van der Waals surface area contributed by atoms with Crippen molar-refractivity contribution in [3.8, 4) is 11.5 Å². The number of amides is 1. The summed E-state index contributed by atoms with van der Waals surface area (Å²) in [6.45, 7) is 5.09. The highest BCUT2D eigenvalue weighted by Crippen LogP contribution is 2.32. The zero-order valence-corrected chi connectivity index (χ0v) is 15.6. The molecule has 140 valence electrons. The molecule has 2 aromatic heterocycles. The summed E-state index contributed by atoms with van der Waals surface area (Å²) in [6.07, 6.45) is 3.51. The first-order valence-corrected chi connectivity index (χ1v) is 9.24. The van der Waals surface area contributed by atoms with Gasteiger partial charge in [-0.05, 0) is 42.2 Å². The van der Waals surface area contributed by atoms with Crippen LogP contribution in [0.15, 0.2) is 42.6 Å². The van der Waals surface area contributed by atoms with Crippen molar-refractivity contribution in [2.75, 3.05) is 13.3 Å². The summed E-state index contributed by atoms with van der Waals surface area (Å²) < 4.78 is 12.7. The molecule has 0 spiro atoms. The largest absolute Gasteiger partial charge is 0.454 e. The molecule has 0 radical (unpaired) electrons. The lowest BCUT2D eigenvalue weighted by Crippen LogP contribution is -2.26. The monoisotopic (exact) mass is 365 g/mol. The summed E-state index contributed by atoms with van der Waals surface area (Å²) in [5.41, 5.74) is 2.42. The highest BCUT2D eigenvalue weighted by atomic mass is 16.7. The van der Waals surface area contributed by atoms with Crippen LogP contribution in [0.4, 0.5) is 0 Å². The molecule has 1 amide bonds. The van der Waals surface area contributed by atoms with E-state index in [0.29, 0.717) is 24.6 Å². The Hall–Kier alpha value is -3.02. The van der Waals surface area contributed by atoms with Gasteiger partial charge in [0.15, 0.2) is 17.2 Å². The minimum atomic E-state index is -0.144. The Morgan fingerprint density at radius 1 is 1.22 bits per heavy atom. The van der Waals surface area contributed by atoms with Crippen LogP contribution in [0.3, 0.4) is 0 Å². The van der Waals surface area contributed by atoms with Crippen molar-refractivity contribution in [3.05, 3.63) is 59.7 Å². The Bertz CT molecular complexity index is 978. The van der Waals surface area contributed by atoms with Crippen molar-refractivity contribution in [2.24, 2.45) is 5.92 Å². The lowest BCUT2D eigenvalue weighted by molar-refractivity contribution is 0.0951. The van der Waals surface area contributed by atoms with Crippen LogP contribution in [-0.4, -0.2) is 28.6 Å². The number of nitrogens with zero attached hydrogens (tertiary/aromatic N) is 2. The lowest BCUT2D eigenvalue weighted by atomic mass is 10.1. The minimum Gasteiger partial charge on any atom is -0.454 e. The molecule has 0 saturated carbocycles. The molecule has 27 heavy (non-hydrogen) atoms. The first-order valence-electron chi connectivity index (χ1n) is 9.24. The predicted octanol–water partition coefficient (Wildman–Crippen LogP) is 3.23. The van der Waals surface area contributed by atoms with Crippen LogP contribution in [0.2, 0.25) is 0 Å². The molecule has 3 aromatic rings. The lowest BCUT2D eigenvalue weighted by Gasteiger charge is -2.05. The molecule has 1 aromatic carbocycles. The quantitative estimate of drug-likeness (QED) is 0.728. The third kappa shape index (κ3) is 3.60. The zero-order valence-electron chi connectivity index (χ0n) is 15.6. The summed E-state index contributed by atoms with van der Waals surface area (Å²) in [4.78, 5) is 17.3. The van der Waals surface area contributed by atoms with Gasteiger partial charge in [0.25, 0.3) is 5.91 Å². The van der Waals surface area contributed by atoms with Crippen LogP contribution in [0, 0.1) is 5.92 Å². The smallest absolute Gasteiger partial charge is 0.272 e. The van der Waals surface area contributed by atoms with Crippen LogP contribution >= 0.6 is 0 Å². The van der Waals surface area contributed by atoms with Gasteiger partial charge in [0, 0.05) is 19.2 Å². The van der Waals surface area contributed by atoms with Gasteiger partial charge in [0.1, 0.15) is 5.82 Å². The van der Waals surface area contributed by atoms with Crippen molar-refractivity contribution in [1.29, 1.82) is 0 Å². The van der Waals surface area contributed by atoms with Gasteiger partial charge in [0.2, 0.25) is 6.79 Å². The summed E-state index contributed by atoms with van der Waals surface area (Å²) in [7, 11) is 0. The third-order valence-electron chi connectivity index (χ3n) is 4.56. The van der Waals surface area contributed by atoms with Gasteiger partial charge in [-0.2, -0.15) is 0 Å². The molecular weight excluding hydrogens is 342 g/mol. The highest BCUT2D eigenvalue weighted by Gasteiger charge is 2.18.